The van der Waals surface area contributed by atoms with E-state index in [1.165, 1.54) is 22.3 Å². The number of fused-ring (bicyclic) bond motifs is 1. The van der Waals surface area contributed by atoms with Crippen LogP contribution in [-0.2, 0) is 17.6 Å². The van der Waals surface area contributed by atoms with Crippen molar-refractivity contribution in [2.45, 2.75) is 54.4 Å². The van der Waals surface area contributed by atoms with Crippen LogP contribution in [0.2, 0.25) is 0 Å². The van der Waals surface area contributed by atoms with Gasteiger partial charge in [0.2, 0.25) is 5.91 Å². The second-order valence-electron chi connectivity index (χ2n) is 8.24. The number of nitrogens with zero attached hydrogens (tertiary/aromatic N) is 3. The summed E-state index contributed by atoms with van der Waals surface area (Å²) >= 11 is 1.63. The summed E-state index contributed by atoms with van der Waals surface area (Å²) in [4.78, 5) is 22.8. The Morgan fingerprint density at radius 3 is 2.29 bits per heavy atom. The van der Waals surface area contributed by atoms with Crippen molar-refractivity contribution < 1.29 is 4.79 Å². The molecule has 0 radical (unpaired) electrons. The number of aryl methyl sites for hydroxylation is 4. The van der Waals surface area contributed by atoms with Gasteiger partial charge in [-0.05, 0) is 68.6 Å². The first-order chi connectivity index (χ1) is 14.9. The lowest BCUT2D eigenvalue weighted by Gasteiger charge is -2.25. The topological polar surface area (TPSA) is 36.4 Å². The van der Waals surface area contributed by atoms with Gasteiger partial charge in [-0.2, -0.15) is 0 Å². The monoisotopic (exact) mass is 437 g/mol. The molecule has 3 aromatic rings. The molecule has 0 unspecified atom stereocenters. The number of hydrogen-bond donors (Lipinski definition) is 0. The Bertz CT molecular complexity index is 1030. The molecule has 1 aromatic heterocycles. The Kier molecular flexibility index (Phi) is 7.84. The largest absolute Gasteiger partial charge is 0.302 e. The van der Waals surface area contributed by atoms with E-state index in [1.807, 2.05) is 4.90 Å². The first-order valence-electron chi connectivity index (χ1n) is 11.4. The number of benzene rings is 2. The fourth-order valence-corrected chi connectivity index (χ4v) is 5.30. The third kappa shape index (κ3) is 5.34. The fourth-order valence-electron chi connectivity index (χ4n) is 4.24. The normalized spacial score (nSPS) is 11.5. The van der Waals surface area contributed by atoms with Crippen LogP contribution >= 0.6 is 11.3 Å². The van der Waals surface area contributed by atoms with Gasteiger partial charge >= 0.3 is 0 Å². The van der Waals surface area contributed by atoms with Gasteiger partial charge in [-0.3, -0.25) is 9.69 Å². The predicted octanol–water partition coefficient (Wildman–Crippen LogP) is 5.70. The highest BCUT2D eigenvalue weighted by Crippen LogP contribution is 2.31. The molecule has 31 heavy (non-hydrogen) atoms. The smallest absolute Gasteiger partial charge is 0.233 e. The van der Waals surface area contributed by atoms with Crippen LogP contribution in [0.5, 0.6) is 0 Å². The highest BCUT2D eigenvalue weighted by molar-refractivity contribution is 7.22. The summed E-state index contributed by atoms with van der Waals surface area (Å²) in [5.41, 5.74) is 7.02. The minimum absolute atomic E-state index is 0.124. The third-order valence-corrected chi connectivity index (χ3v) is 7.15. The van der Waals surface area contributed by atoms with Crippen LogP contribution in [0.25, 0.3) is 10.2 Å². The molecule has 3 rings (SSSR count). The molecule has 0 aliphatic heterocycles. The van der Waals surface area contributed by atoms with Gasteiger partial charge in [0.1, 0.15) is 0 Å². The summed E-state index contributed by atoms with van der Waals surface area (Å²) in [5, 5.41) is 0.815. The number of thiazole rings is 1. The molecule has 0 spiro atoms. The van der Waals surface area contributed by atoms with E-state index in [0.29, 0.717) is 13.0 Å². The van der Waals surface area contributed by atoms with Crippen LogP contribution in [0, 0.1) is 20.8 Å². The molecule has 166 valence electrons. The van der Waals surface area contributed by atoms with E-state index in [4.69, 9.17) is 4.98 Å². The maximum absolute atomic E-state index is 13.6. The van der Waals surface area contributed by atoms with Crippen molar-refractivity contribution in [3.05, 3.63) is 58.1 Å². The van der Waals surface area contributed by atoms with Crippen molar-refractivity contribution >= 4 is 32.6 Å². The van der Waals surface area contributed by atoms with Crippen LogP contribution in [0.3, 0.4) is 0 Å². The van der Waals surface area contributed by atoms with Crippen molar-refractivity contribution in [3.8, 4) is 0 Å². The molecule has 2 aromatic carbocycles. The Balaban J connectivity index is 1.95. The summed E-state index contributed by atoms with van der Waals surface area (Å²) < 4.78 is 1.15. The number of rotatable bonds is 9. The standard InChI is InChI=1S/C26H35N3OS/c1-7-21-11-10-12-23-25(21)27-26(31-23)29(14-13-28(8-2)9-3)24(30)17-22-19(5)15-18(4)16-20(22)6/h10-12,15-16H,7-9,13-14,17H2,1-6H3. The third-order valence-electron chi connectivity index (χ3n) is 6.11. The molecule has 0 aliphatic carbocycles. The molecule has 0 saturated carbocycles. The molecule has 0 aliphatic rings. The predicted molar refractivity (Wildman–Crippen MR) is 133 cm³/mol. The molecule has 0 bridgehead atoms. The van der Waals surface area contributed by atoms with Crippen molar-refractivity contribution in [3.63, 3.8) is 0 Å². The maximum Gasteiger partial charge on any atom is 0.233 e. The number of carbonyl (C=O) groups is 1. The number of aromatic nitrogens is 1. The van der Waals surface area contributed by atoms with E-state index in [1.54, 1.807) is 11.3 Å². The van der Waals surface area contributed by atoms with Crippen LogP contribution < -0.4 is 4.90 Å². The molecule has 5 heteroatoms. The van der Waals surface area contributed by atoms with Gasteiger partial charge in [-0.25, -0.2) is 4.98 Å². The second kappa shape index (κ2) is 10.4. The van der Waals surface area contributed by atoms with Crippen LogP contribution in [0.4, 0.5) is 5.13 Å². The van der Waals surface area contributed by atoms with Crippen molar-refractivity contribution in [1.29, 1.82) is 0 Å². The highest BCUT2D eigenvalue weighted by Gasteiger charge is 2.22. The van der Waals surface area contributed by atoms with E-state index >= 15 is 0 Å². The van der Waals surface area contributed by atoms with E-state index in [2.05, 4.69) is 76.8 Å². The first kappa shape index (κ1) is 23.4. The molecule has 0 atom stereocenters. The molecule has 0 fully saturated rings. The molecule has 0 saturated heterocycles. The number of likely N-dealkylation sites (N-methyl/N-ethyl adjacent to an activating group) is 1. The van der Waals surface area contributed by atoms with Gasteiger partial charge in [0, 0.05) is 13.1 Å². The summed E-state index contributed by atoms with van der Waals surface area (Å²) in [6.07, 6.45) is 1.35. The Morgan fingerprint density at radius 2 is 1.68 bits per heavy atom. The van der Waals surface area contributed by atoms with E-state index in [0.717, 1.165) is 47.0 Å². The van der Waals surface area contributed by atoms with Gasteiger partial charge < -0.3 is 4.90 Å². The molecular formula is C26H35N3OS. The van der Waals surface area contributed by atoms with Crippen molar-refractivity contribution in [2.24, 2.45) is 0 Å². The lowest BCUT2D eigenvalue weighted by atomic mass is 9.97. The lowest BCUT2D eigenvalue weighted by Crippen LogP contribution is -2.39. The summed E-state index contributed by atoms with van der Waals surface area (Å²) in [7, 11) is 0. The summed E-state index contributed by atoms with van der Waals surface area (Å²) in [6, 6.07) is 10.7. The Labute approximate surface area is 190 Å². The van der Waals surface area contributed by atoms with Crippen molar-refractivity contribution in [2.75, 3.05) is 31.1 Å². The van der Waals surface area contributed by atoms with Crippen LogP contribution in [0.1, 0.15) is 48.6 Å². The number of carbonyl (C=O) groups excluding carboxylic acids is 1. The average molecular weight is 438 g/mol. The summed E-state index contributed by atoms with van der Waals surface area (Å²) in [5.74, 6) is 0.124. The Hall–Kier alpha value is -2.24. The van der Waals surface area contributed by atoms with Gasteiger partial charge in [0.05, 0.1) is 16.6 Å². The SMILES string of the molecule is CCc1cccc2sc(N(CCN(CC)CC)C(=O)Cc3c(C)cc(C)cc3C)nc12. The highest BCUT2D eigenvalue weighted by atomic mass is 32.1. The number of amides is 1. The lowest BCUT2D eigenvalue weighted by molar-refractivity contribution is -0.118. The van der Waals surface area contributed by atoms with Crippen molar-refractivity contribution in [1.82, 2.24) is 9.88 Å². The van der Waals surface area contributed by atoms with E-state index in [9.17, 15) is 4.79 Å². The molecular weight excluding hydrogens is 402 g/mol. The quantitative estimate of drug-likeness (QED) is 0.431. The minimum atomic E-state index is 0.124. The minimum Gasteiger partial charge on any atom is -0.302 e. The Morgan fingerprint density at radius 1 is 1.00 bits per heavy atom. The average Bonchev–Trinajstić information content (AvgIpc) is 3.17. The zero-order valence-electron chi connectivity index (χ0n) is 19.8. The van der Waals surface area contributed by atoms with Gasteiger partial charge in [-0.15, -0.1) is 0 Å². The van der Waals surface area contributed by atoms with Crippen LogP contribution in [-0.4, -0.2) is 42.0 Å². The van der Waals surface area contributed by atoms with E-state index < -0.39 is 0 Å². The summed E-state index contributed by atoms with van der Waals surface area (Å²) in [6.45, 7) is 16.3. The fraction of sp³-hybridized carbons (Fsp3) is 0.462. The molecule has 1 heterocycles. The van der Waals surface area contributed by atoms with E-state index in [-0.39, 0.29) is 5.91 Å². The molecule has 1 amide bonds. The molecule has 0 N–H and O–H groups in total. The molecule has 4 nitrogen and oxygen atoms in total. The zero-order chi connectivity index (χ0) is 22.5. The second-order valence-corrected chi connectivity index (χ2v) is 9.25. The first-order valence-corrected chi connectivity index (χ1v) is 12.2. The number of para-hydroxylation sites is 1. The van der Waals surface area contributed by atoms with Gasteiger partial charge in [0.25, 0.3) is 0 Å². The van der Waals surface area contributed by atoms with Crippen LogP contribution in [0.15, 0.2) is 30.3 Å². The number of anilines is 1. The van der Waals surface area contributed by atoms with Gasteiger partial charge in [0.15, 0.2) is 5.13 Å². The zero-order valence-corrected chi connectivity index (χ0v) is 20.6. The number of hydrogen-bond acceptors (Lipinski definition) is 4. The van der Waals surface area contributed by atoms with Gasteiger partial charge in [-0.1, -0.05) is 61.9 Å². The maximum atomic E-state index is 13.6.